The van der Waals surface area contributed by atoms with Crippen LogP contribution in [0.15, 0.2) is 24.5 Å². The van der Waals surface area contributed by atoms with Crippen LogP contribution in [0, 0.1) is 11.8 Å². The zero-order chi connectivity index (χ0) is 12.5. The van der Waals surface area contributed by atoms with Gasteiger partial charge in [0.2, 0.25) is 5.91 Å². The van der Waals surface area contributed by atoms with E-state index in [1.165, 1.54) is 0 Å². The van der Waals surface area contributed by atoms with E-state index in [9.17, 15) is 9.90 Å². The molecule has 3 atom stereocenters. The topological polar surface area (TPSA) is 53.4 Å². The van der Waals surface area contributed by atoms with Crippen molar-refractivity contribution in [1.29, 1.82) is 0 Å². The Labute approximate surface area is 107 Å². The Bertz CT molecular complexity index is 435. The molecule has 0 bridgehead atoms. The number of carbonyl (C=O) groups is 1. The lowest BCUT2D eigenvalue weighted by atomic mass is 10.00. The highest BCUT2D eigenvalue weighted by molar-refractivity contribution is 5.79. The Morgan fingerprint density at radius 2 is 2.11 bits per heavy atom. The number of nitrogens with zero attached hydrogens (tertiary/aromatic N) is 2. The van der Waals surface area contributed by atoms with Crippen molar-refractivity contribution in [2.45, 2.75) is 25.4 Å². The average Bonchev–Trinajstić information content (AvgIpc) is 2.93. The Morgan fingerprint density at radius 3 is 2.83 bits per heavy atom. The van der Waals surface area contributed by atoms with E-state index >= 15 is 0 Å². The molecule has 2 heterocycles. The summed E-state index contributed by atoms with van der Waals surface area (Å²) in [5, 5.41) is 9.84. The standard InChI is InChI=1S/C14H18N2O2/c17-13-2-1-11-8-16(9-12(11)13)14(18)7-10-3-5-15-6-4-10/h3-6,11-13,17H,1-2,7-9H2. The molecule has 0 radical (unpaired) electrons. The first-order valence-electron chi connectivity index (χ1n) is 6.59. The van der Waals surface area contributed by atoms with Crippen LogP contribution < -0.4 is 0 Å². The molecule has 2 fully saturated rings. The number of likely N-dealkylation sites (tertiary alicyclic amines) is 1. The van der Waals surface area contributed by atoms with Crippen molar-refractivity contribution in [3.63, 3.8) is 0 Å². The van der Waals surface area contributed by atoms with E-state index in [1.54, 1.807) is 12.4 Å². The maximum atomic E-state index is 12.2. The summed E-state index contributed by atoms with van der Waals surface area (Å²) in [7, 11) is 0. The van der Waals surface area contributed by atoms with Crippen LogP contribution in [0.3, 0.4) is 0 Å². The lowest BCUT2D eigenvalue weighted by Gasteiger charge is -2.18. The largest absolute Gasteiger partial charge is 0.393 e. The molecular weight excluding hydrogens is 228 g/mol. The second-order valence-electron chi connectivity index (χ2n) is 5.40. The predicted molar refractivity (Wildman–Crippen MR) is 66.7 cm³/mol. The summed E-state index contributed by atoms with van der Waals surface area (Å²) in [5.41, 5.74) is 1.01. The van der Waals surface area contributed by atoms with Crippen molar-refractivity contribution < 1.29 is 9.90 Å². The van der Waals surface area contributed by atoms with Crippen LogP contribution in [0.2, 0.25) is 0 Å². The number of hydrogen-bond acceptors (Lipinski definition) is 3. The van der Waals surface area contributed by atoms with Gasteiger partial charge in [-0.1, -0.05) is 0 Å². The molecule has 1 aromatic rings. The van der Waals surface area contributed by atoms with Crippen LogP contribution in [0.1, 0.15) is 18.4 Å². The lowest BCUT2D eigenvalue weighted by molar-refractivity contribution is -0.129. The number of fused-ring (bicyclic) bond motifs is 1. The van der Waals surface area contributed by atoms with Gasteiger partial charge in [-0.3, -0.25) is 9.78 Å². The molecule has 0 spiro atoms. The Kier molecular flexibility index (Phi) is 3.04. The summed E-state index contributed by atoms with van der Waals surface area (Å²) in [6.45, 7) is 1.56. The Morgan fingerprint density at radius 1 is 1.33 bits per heavy atom. The second-order valence-corrected chi connectivity index (χ2v) is 5.40. The Hall–Kier alpha value is -1.42. The van der Waals surface area contributed by atoms with Gasteiger partial charge in [-0.25, -0.2) is 0 Å². The monoisotopic (exact) mass is 246 g/mol. The van der Waals surface area contributed by atoms with Gasteiger partial charge in [-0.2, -0.15) is 0 Å². The van der Waals surface area contributed by atoms with Crippen molar-refractivity contribution >= 4 is 5.91 Å². The van der Waals surface area contributed by atoms with E-state index in [1.807, 2.05) is 17.0 Å². The quantitative estimate of drug-likeness (QED) is 0.842. The fourth-order valence-electron chi connectivity index (χ4n) is 3.23. The molecule has 1 N–H and O–H groups in total. The van der Waals surface area contributed by atoms with Gasteiger partial charge in [0.05, 0.1) is 12.5 Å². The van der Waals surface area contributed by atoms with Gasteiger partial charge >= 0.3 is 0 Å². The fraction of sp³-hybridized carbons (Fsp3) is 0.571. The van der Waals surface area contributed by atoms with E-state index in [4.69, 9.17) is 0 Å². The third-order valence-corrected chi connectivity index (χ3v) is 4.28. The van der Waals surface area contributed by atoms with Crippen molar-refractivity contribution in [1.82, 2.24) is 9.88 Å². The fourth-order valence-corrected chi connectivity index (χ4v) is 3.23. The minimum absolute atomic E-state index is 0.169. The first kappa shape index (κ1) is 11.7. The number of amides is 1. The van der Waals surface area contributed by atoms with Gasteiger partial charge < -0.3 is 10.0 Å². The third-order valence-electron chi connectivity index (χ3n) is 4.28. The van der Waals surface area contributed by atoms with Crippen molar-refractivity contribution in [2.75, 3.05) is 13.1 Å². The van der Waals surface area contributed by atoms with Gasteiger partial charge in [0.1, 0.15) is 0 Å². The molecule has 0 aromatic carbocycles. The second kappa shape index (κ2) is 4.69. The van der Waals surface area contributed by atoms with Gasteiger partial charge in [-0.05, 0) is 36.5 Å². The normalized spacial score (nSPS) is 30.5. The zero-order valence-electron chi connectivity index (χ0n) is 10.3. The first-order chi connectivity index (χ1) is 8.74. The van der Waals surface area contributed by atoms with Crippen LogP contribution in [0.4, 0.5) is 0 Å². The lowest BCUT2D eigenvalue weighted by Crippen LogP contribution is -2.32. The Balaban J connectivity index is 1.62. The van der Waals surface area contributed by atoms with Crippen molar-refractivity contribution in [2.24, 2.45) is 11.8 Å². The highest BCUT2D eigenvalue weighted by Gasteiger charge is 2.43. The molecule has 4 heteroatoms. The molecular formula is C14H18N2O2. The maximum Gasteiger partial charge on any atom is 0.227 e. The van der Waals surface area contributed by atoms with E-state index in [0.717, 1.165) is 31.5 Å². The highest BCUT2D eigenvalue weighted by Crippen LogP contribution is 2.38. The van der Waals surface area contributed by atoms with E-state index in [0.29, 0.717) is 18.3 Å². The minimum atomic E-state index is -0.200. The molecule has 1 aliphatic heterocycles. The number of aromatic nitrogens is 1. The zero-order valence-corrected chi connectivity index (χ0v) is 10.3. The molecule has 4 nitrogen and oxygen atoms in total. The third kappa shape index (κ3) is 2.12. The average molecular weight is 246 g/mol. The van der Waals surface area contributed by atoms with Gasteiger partial charge in [0.25, 0.3) is 0 Å². The number of hydrogen-bond donors (Lipinski definition) is 1. The molecule has 1 saturated heterocycles. The molecule has 1 amide bonds. The molecule has 1 aliphatic carbocycles. The number of aliphatic hydroxyl groups excluding tert-OH is 1. The van der Waals surface area contributed by atoms with Gasteiger partial charge in [0.15, 0.2) is 0 Å². The van der Waals surface area contributed by atoms with E-state index < -0.39 is 0 Å². The molecule has 18 heavy (non-hydrogen) atoms. The summed E-state index contributed by atoms with van der Waals surface area (Å²) in [6.07, 6.45) is 5.63. The molecule has 3 unspecified atom stereocenters. The van der Waals surface area contributed by atoms with Crippen LogP contribution in [-0.2, 0) is 11.2 Å². The summed E-state index contributed by atoms with van der Waals surface area (Å²) >= 11 is 0. The molecule has 3 rings (SSSR count). The van der Waals surface area contributed by atoms with E-state index in [-0.39, 0.29) is 12.0 Å². The number of rotatable bonds is 2. The summed E-state index contributed by atoms with van der Waals surface area (Å²) in [6, 6.07) is 3.76. The highest BCUT2D eigenvalue weighted by atomic mass is 16.3. The summed E-state index contributed by atoms with van der Waals surface area (Å²) in [4.78, 5) is 18.0. The predicted octanol–water partition coefficient (Wildman–Crippen LogP) is 0.853. The van der Waals surface area contributed by atoms with Crippen molar-refractivity contribution in [3.05, 3.63) is 30.1 Å². The van der Waals surface area contributed by atoms with Gasteiger partial charge in [0, 0.05) is 31.4 Å². The van der Waals surface area contributed by atoms with Crippen LogP contribution in [0.25, 0.3) is 0 Å². The van der Waals surface area contributed by atoms with Crippen LogP contribution in [0.5, 0.6) is 0 Å². The number of carbonyl (C=O) groups excluding carboxylic acids is 1. The van der Waals surface area contributed by atoms with Crippen molar-refractivity contribution in [3.8, 4) is 0 Å². The summed E-state index contributed by atoms with van der Waals surface area (Å²) < 4.78 is 0. The maximum absolute atomic E-state index is 12.2. The molecule has 1 saturated carbocycles. The number of aliphatic hydroxyl groups is 1. The van der Waals surface area contributed by atoms with E-state index in [2.05, 4.69) is 4.98 Å². The van der Waals surface area contributed by atoms with Gasteiger partial charge in [-0.15, -0.1) is 0 Å². The smallest absolute Gasteiger partial charge is 0.227 e. The number of pyridine rings is 1. The molecule has 2 aliphatic rings. The summed E-state index contributed by atoms with van der Waals surface area (Å²) in [5.74, 6) is 0.996. The molecule has 1 aromatic heterocycles. The minimum Gasteiger partial charge on any atom is -0.393 e. The van der Waals surface area contributed by atoms with Crippen LogP contribution >= 0.6 is 0 Å². The van der Waals surface area contributed by atoms with Crippen LogP contribution in [-0.4, -0.2) is 40.1 Å². The molecule has 96 valence electrons. The first-order valence-corrected chi connectivity index (χ1v) is 6.59. The SMILES string of the molecule is O=C(Cc1ccncc1)N1CC2CCC(O)C2C1.